The van der Waals surface area contributed by atoms with Crippen molar-refractivity contribution in [3.63, 3.8) is 0 Å². The van der Waals surface area contributed by atoms with Crippen LogP contribution in [0, 0.1) is 12.3 Å². The highest BCUT2D eigenvalue weighted by molar-refractivity contribution is 6.00. The third-order valence-corrected chi connectivity index (χ3v) is 3.80. The maximum Gasteiger partial charge on any atom is 0.221 e. The Bertz CT molecular complexity index is 794. The quantitative estimate of drug-likeness (QED) is 0.294. The highest BCUT2D eigenvalue weighted by atomic mass is 16.5. The number of ether oxygens (including phenoxy) is 4. The van der Waals surface area contributed by atoms with Crippen molar-refractivity contribution < 1.29 is 18.9 Å². The number of rotatable bonds is 9. The fourth-order valence-electron chi connectivity index (χ4n) is 2.57. The minimum Gasteiger partial charge on any atom is -0.493 e. The lowest BCUT2D eigenvalue weighted by molar-refractivity contribution is 0.128. The lowest BCUT2D eigenvalue weighted by Crippen LogP contribution is -2.13. The molecular formula is C22H25NO4. The Morgan fingerprint density at radius 2 is 1.85 bits per heavy atom. The molecule has 0 saturated carbocycles. The maximum atomic E-state index is 5.74. The van der Waals surface area contributed by atoms with Gasteiger partial charge < -0.3 is 18.9 Å². The number of hydrogen-bond donors (Lipinski definition) is 0. The van der Waals surface area contributed by atoms with E-state index < -0.39 is 0 Å². The highest BCUT2D eigenvalue weighted by Gasteiger charge is 2.20. The van der Waals surface area contributed by atoms with Crippen LogP contribution in [0.1, 0.15) is 23.6 Å². The van der Waals surface area contributed by atoms with Gasteiger partial charge in [-0.05, 0) is 24.6 Å². The second-order valence-corrected chi connectivity index (χ2v) is 5.53. The Labute approximate surface area is 160 Å². The summed E-state index contributed by atoms with van der Waals surface area (Å²) in [5, 5.41) is 0. The summed E-state index contributed by atoms with van der Waals surface area (Å²) >= 11 is 0. The molecule has 0 fully saturated rings. The molecular weight excluding hydrogens is 342 g/mol. The molecule has 0 aliphatic carbocycles. The summed E-state index contributed by atoms with van der Waals surface area (Å²) in [5.74, 6) is 4.15. The Hall–Kier alpha value is -2.97. The SMILES string of the molecule is C#Cc1ccc(OC)c(OC)c1C(=NCCOCc1ccccc1)OCC. The predicted molar refractivity (Wildman–Crippen MR) is 107 cm³/mol. The average Bonchev–Trinajstić information content (AvgIpc) is 2.72. The number of aliphatic imine (C=N–C) groups is 1. The standard InChI is InChI=1S/C22H25NO4/c1-5-18-12-13-19(24-3)21(25-4)20(18)22(27-6-2)23-14-15-26-16-17-10-8-7-9-11-17/h1,7-13H,6,14-16H2,2-4H3. The molecule has 0 spiro atoms. The van der Waals surface area contributed by atoms with Crippen LogP contribution >= 0.6 is 0 Å². The van der Waals surface area contributed by atoms with Crippen LogP contribution in [-0.2, 0) is 16.1 Å². The molecule has 0 bridgehead atoms. The van der Waals surface area contributed by atoms with E-state index in [9.17, 15) is 0 Å². The molecule has 0 aromatic heterocycles. The Kier molecular flexibility index (Phi) is 8.21. The molecule has 0 aliphatic heterocycles. The first-order valence-electron chi connectivity index (χ1n) is 8.76. The van der Waals surface area contributed by atoms with Crippen molar-refractivity contribution in [1.82, 2.24) is 0 Å². The van der Waals surface area contributed by atoms with Crippen LogP contribution in [0.3, 0.4) is 0 Å². The summed E-state index contributed by atoms with van der Waals surface area (Å²) in [6.07, 6.45) is 5.66. The summed E-state index contributed by atoms with van der Waals surface area (Å²) in [5.41, 5.74) is 2.37. The van der Waals surface area contributed by atoms with E-state index in [2.05, 4.69) is 10.9 Å². The van der Waals surface area contributed by atoms with E-state index in [1.807, 2.05) is 37.3 Å². The molecule has 2 rings (SSSR count). The summed E-state index contributed by atoms with van der Waals surface area (Å²) in [6.45, 7) is 3.78. The summed E-state index contributed by atoms with van der Waals surface area (Å²) in [4.78, 5) is 4.55. The van der Waals surface area contributed by atoms with Gasteiger partial charge >= 0.3 is 0 Å². The van der Waals surface area contributed by atoms with Crippen molar-refractivity contribution in [2.24, 2.45) is 4.99 Å². The van der Waals surface area contributed by atoms with E-state index in [0.29, 0.717) is 54.9 Å². The normalized spacial score (nSPS) is 11.0. The highest BCUT2D eigenvalue weighted by Crippen LogP contribution is 2.34. The van der Waals surface area contributed by atoms with Crippen LogP contribution in [0.2, 0.25) is 0 Å². The molecule has 0 amide bonds. The van der Waals surface area contributed by atoms with E-state index in [-0.39, 0.29) is 0 Å². The van der Waals surface area contributed by atoms with Crippen molar-refractivity contribution in [3.8, 4) is 23.8 Å². The predicted octanol–water partition coefficient (Wildman–Crippen LogP) is 3.69. The second kappa shape index (κ2) is 10.9. The lowest BCUT2D eigenvalue weighted by Gasteiger charge is -2.16. The average molecular weight is 367 g/mol. The summed E-state index contributed by atoms with van der Waals surface area (Å²) in [6, 6.07) is 13.6. The minimum absolute atomic E-state index is 0.421. The topological polar surface area (TPSA) is 49.3 Å². The zero-order valence-corrected chi connectivity index (χ0v) is 16.0. The van der Waals surface area contributed by atoms with E-state index in [4.69, 9.17) is 25.4 Å². The molecule has 0 aliphatic rings. The smallest absolute Gasteiger partial charge is 0.221 e. The molecule has 27 heavy (non-hydrogen) atoms. The molecule has 0 atom stereocenters. The van der Waals surface area contributed by atoms with E-state index >= 15 is 0 Å². The Morgan fingerprint density at radius 1 is 1.07 bits per heavy atom. The van der Waals surface area contributed by atoms with E-state index in [0.717, 1.165) is 5.56 Å². The van der Waals surface area contributed by atoms with Crippen molar-refractivity contribution in [1.29, 1.82) is 0 Å². The van der Waals surface area contributed by atoms with Crippen LogP contribution in [0.25, 0.3) is 0 Å². The molecule has 5 heteroatoms. The third-order valence-electron chi connectivity index (χ3n) is 3.80. The van der Waals surface area contributed by atoms with Crippen LogP contribution in [0.5, 0.6) is 11.5 Å². The summed E-state index contributed by atoms with van der Waals surface area (Å²) < 4.78 is 22.3. The molecule has 142 valence electrons. The summed E-state index contributed by atoms with van der Waals surface area (Å²) in [7, 11) is 3.14. The third kappa shape index (κ3) is 5.50. The lowest BCUT2D eigenvalue weighted by atomic mass is 10.1. The van der Waals surface area contributed by atoms with Gasteiger partial charge in [0.2, 0.25) is 5.90 Å². The number of terminal acetylenes is 1. The van der Waals surface area contributed by atoms with Gasteiger partial charge in [0, 0.05) is 5.56 Å². The number of methoxy groups -OCH3 is 2. The first-order chi connectivity index (χ1) is 13.2. The molecule has 2 aromatic rings. The van der Waals surface area contributed by atoms with Gasteiger partial charge in [-0.3, -0.25) is 0 Å². The monoisotopic (exact) mass is 367 g/mol. The largest absolute Gasteiger partial charge is 0.493 e. The van der Waals surface area contributed by atoms with Crippen LogP contribution < -0.4 is 9.47 Å². The van der Waals surface area contributed by atoms with Gasteiger partial charge in [0.1, 0.15) is 0 Å². The molecule has 2 aromatic carbocycles. The van der Waals surface area contributed by atoms with Crippen molar-refractivity contribution in [2.45, 2.75) is 13.5 Å². The first-order valence-corrected chi connectivity index (χ1v) is 8.76. The van der Waals surface area contributed by atoms with Crippen LogP contribution in [-0.4, -0.2) is 39.9 Å². The molecule has 0 radical (unpaired) electrons. The van der Waals surface area contributed by atoms with E-state index in [1.165, 1.54) is 0 Å². The molecule has 0 unspecified atom stereocenters. The first kappa shape index (κ1) is 20.3. The van der Waals surface area contributed by atoms with Gasteiger partial charge in [-0.2, -0.15) is 0 Å². The van der Waals surface area contributed by atoms with Gasteiger partial charge in [0.25, 0.3) is 0 Å². The van der Waals surface area contributed by atoms with Gasteiger partial charge in [-0.25, -0.2) is 4.99 Å². The van der Waals surface area contributed by atoms with Gasteiger partial charge in [-0.1, -0.05) is 36.3 Å². The second-order valence-electron chi connectivity index (χ2n) is 5.53. The fourth-order valence-corrected chi connectivity index (χ4v) is 2.57. The van der Waals surface area contributed by atoms with Crippen molar-refractivity contribution in [3.05, 3.63) is 59.2 Å². The van der Waals surface area contributed by atoms with Crippen LogP contribution in [0.15, 0.2) is 47.5 Å². The van der Waals surface area contributed by atoms with Crippen LogP contribution in [0.4, 0.5) is 0 Å². The zero-order chi connectivity index (χ0) is 19.5. The number of hydrogen-bond acceptors (Lipinski definition) is 5. The maximum absolute atomic E-state index is 5.74. The molecule has 0 N–H and O–H groups in total. The Morgan fingerprint density at radius 3 is 2.48 bits per heavy atom. The van der Waals surface area contributed by atoms with E-state index in [1.54, 1.807) is 26.4 Å². The number of nitrogens with zero attached hydrogens (tertiary/aromatic N) is 1. The fraction of sp³-hybridized carbons (Fsp3) is 0.318. The van der Waals surface area contributed by atoms with Gasteiger partial charge in [0.05, 0.1) is 46.1 Å². The van der Waals surface area contributed by atoms with Gasteiger partial charge in [-0.15, -0.1) is 6.42 Å². The van der Waals surface area contributed by atoms with Crippen molar-refractivity contribution >= 4 is 5.90 Å². The van der Waals surface area contributed by atoms with Crippen molar-refractivity contribution in [2.75, 3.05) is 34.0 Å². The molecule has 5 nitrogen and oxygen atoms in total. The Balaban J connectivity index is 2.16. The van der Waals surface area contributed by atoms with Gasteiger partial charge in [0.15, 0.2) is 11.5 Å². The zero-order valence-electron chi connectivity index (χ0n) is 16.0. The molecule has 0 heterocycles. The minimum atomic E-state index is 0.421. The molecule has 0 saturated heterocycles. The number of benzene rings is 2.